The first-order valence-corrected chi connectivity index (χ1v) is 28.9. The minimum absolute atomic E-state index is 0.0206. The molecule has 2 N–H and O–H groups in total. The Morgan fingerprint density at radius 1 is 0.808 bits per heavy atom. The molecule has 20 heteroatoms. The normalized spacial score (nSPS) is 18.0. The maximum Gasteiger partial charge on any atom is 0.263 e. The number of nitrogens with zero attached hydrogens (tertiary/aromatic N) is 9. The van der Waals surface area contributed by atoms with E-state index in [1.165, 1.54) is 47.4 Å². The van der Waals surface area contributed by atoms with Crippen molar-refractivity contribution in [3.05, 3.63) is 97.7 Å². The maximum absolute atomic E-state index is 14.5. The Balaban J connectivity index is 0.696. The van der Waals surface area contributed by atoms with Crippen LogP contribution in [0.1, 0.15) is 172 Å². The first-order chi connectivity index (χ1) is 37.7. The van der Waals surface area contributed by atoms with Crippen LogP contribution in [0.2, 0.25) is 0 Å². The number of benzene rings is 1. The summed E-state index contributed by atoms with van der Waals surface area (Å²) in [5, 5.41) is 9.29. The van der Waals surface area contributed by atoms with E-state index in [9.17, 15) is 38.0 Å². The summed E-state index contributed by atoms with van der Waals surface area (Å²) in [5.41, 5.74) is 2.51. The molecule has 0 unspecified atom stereocenters. The topological polar surface area (TPSA) is 213 Å². The van der Waals surface area contributed by atoms with E-state index in [0.717, 1.165) is 82.7 Å². The molecule has 6 heterocycles. The highest BCUT2D eigenvalue weighted by Crippen LogP contribution is 2.37. The molecule has 2 saturated heterocycles. The minimum Gasteiger partial charge on any atom is -0.367 e. The molecule has 1 aromatic carbocycles. The number of nitrogens with one attached hydrogen (secondary N) is 2. The van der Waals surface area contributed by atoms with Crippen LogP contribution < -0.4 is 21.1 Å². The van der Waals surface area contributed by atoms with Gasteiger partial charge in [0.15, 0.2) is 5.78 Å². The van der Waals surface area contributed by atoms with Gasteiger partial charge in [-0.05, 0) is 120 Å². The number of likely N-dealkylation sites (tertiary alicyclic amines) is 1. The molecule has 78 heavy (non-hydrogen) atoms. The van der Waals surface area contributed by atoms with Crippen molar-refractivity contribution < 1.29 is 33.2 Å². The molecule has 4 aliphatic rings. The van der Waals surface area contributed by atoms with Crippen LogP contribution in [-0.2, 0) is 19.2 Å². The van der Waals surface area contributed by atoms with Crippen molar-refractivity contribution in [3.63, 3.8) is 0 Å². The Hall–Kier alpha value is -6.96. The van der Waals surface area contributed by atoms with Crippen molar-refractivity contribution >= 4 is 75.0 Å². The predicted molar refractivity (Wildman–Crippen MR) is 296 cm³/mol. The summed E-state index contributed by atoms with van der Waals surface area (Å²) in [6.07, 6.45) is 16.9. The molecule has 3 atom stereocenters. The van der Waals surface area contributed by atoms with Gasteiger partial charge >= 0.3 is 0 Å². The highest BCUT2D eigenvalue weighted by Gasteiger charge is 2.41. The molecule has 5 aromatic rings. The first kappa shape index (κ1) is 55.8. The average molecular weight is 1090 g/mol. The van der Waals surface area contributed by atoms with Gasteiger partial charge in [-0.15, -0.1) is 11.3 Å². The smallest absolute Gasteiger partial charge is 0.263 e. The van der Waals surface area contributed by atoms with Crippen LogP contribution in [0.3, 0.4) is 0 Å². The number of halogens is 1. The summed E-state index contributed by atoms with van der Waals surface area (Å²) in [6.45, 7) is 7.90. The van der Waals surface area contributed by atoms with Gasteiger partial charge in [0, 0.05) is 81.2 Å². The Kier molecular flexibility index (Phi) is 18.0. The third-order valence-electron chi connectivity index (χ3n) is 16.5. The Labute approximate surface area is 458 Å². The van der Waals surface area contributed by atoms with Gasteiger partial charge in [-0.2, -0.15) is 4.98 Å². The van der Waals surface area contributed by atoms with E-state index in [4.69, 9.17) is 4.98 Å². The van der Waals surface area contributed by atoms with Crippen LogP contribution in [0, 0.1) is 18.7 Å². The van der Waals surface area contributed by atoms with Crippen LogP contribution in [0.5, 0.6) is 0 Å². The fourth-order valence-electron chi connectivity index (χ4n) is 11.8. The molecule has 0 bridgehead atoms. The zero-order valence-electron chi connectivity index (χ0n) is 45.3. The summed E-state index contributed by atoms with van der Waals surface area (Å²) in [4.78, 5) is 120. The second-order valence-corrected chi connectivity index (χ2v) is 22.5. The zero-order chi connectivity index (χ0) is 55.0. The number of ketones is 2. The number of piperazine rings is 1. The quantitative estimate of drug-likeness (QED) is 0.0552. The fraction of sp³-hybridized carbons (Fsp3) is 0.534. The number of hydrogen-bond donors (Lipinski definition) is 2. The van der Waals surface area contributed by atoms with Crippen LogP contribution in [0.15, 0.2) is 59.0 Å². The predicted octanol–water partition coefficient (Wildman–Crippen LogP) is 8.65. The van der Waals surface area contributed by atoms with Crippen LogP contribution in [0.25, 0.3) is 11.0 Å². The monoisotopic (exact) mass is 1090 g/mol. The molecular formula is C58H72FN11O7S. The third kappa shape index (κ3) is 12.6. The number of hydrogen-bond acceptors (Lipinski definition) is 14. The SMILES string of the molecule is CC(=O)c1c(C)c2cnc(Nc3ccc(N4CCN(C(=O)CCCCCCC(=O)N(C)[C@@H](C)C(=O)N[C@H](C(=O)N5CCC[C@H]5c5nc(C(=O)c6ccc(F)cc6)cs5)C5CCCCC5)CC4)cn3)nc2n(C2CCCC2)c1=O. The lowest BCUT2D eigenvalue weighted by atomic mass is 9.83. The van der Waals surface area contributed by atoms with Crippen LogP contribution >= 0.6 is 11.3 Å². The van der Waals surface area contributed by atoms with Gasteiger partial charge in [-0.3, -0.25) is 38.1 Å². The van der Waals surface area contributed by atoms with Gasteiger partial charge in [0.25, 0.3) is 5.56 Å². The molecular weight excluding hydrogens is 1010 g/mol. The molecule has 4 amide bonds. The molecule has 0 radical (unpaired) electrons. The molecule has 2 aliphatic carbocycles. The number of aromatic nitrogens is 5. The lowest BCUT2D eigenvalue weighted by Gasteiger charge is -2.36. The maximum atomic E-state index is 14.5. The van der Waals surface area contributed by atoms with Gasteiger partial charge < -0.3 is 30.2 Å². The van der Waals surface area contributed by atoms with Crippen LogP contribution in [-0.4, -0.2) is 126 Å². The molecule has 2 saturated carbocycles. The number of fused-ring (bicyclic) bond motifs is 1. The highest BCUT2D eigenvalue weighted by atomic mass is 32.1. The number of rotatable bonds is 20. The molecule has 0 spiro atoms. The highest BCUT2D eigenvalue weighted by molar-refractivity contribution is 7.10. The van der Waals surface area contributed by atoms with Gasteiger partial charge in [-0.1, -0.05) is 44.9 Å². The fourth-order valence-corrected chi connectivity index (χ4v) is 12.7. The molecule has 4 aromatic heterocycles. The van der Waals surface area contributed by atoms with Gasteiger partial charge in [0.1, 0.15) is 40.1 Å². The summed E-state index contributed by atoms with van der Waals surface area (Å²) in [6, 6.07) is 7.26. The number of Topliss-reactive ketones (excluding diaryl/α,β-unsaturated/α-hetero) is 1. The molecule has 414 valence electrons. The second kappa shape index (κ2) is 25.2. The van der Waals surface area contributed by atoms with E-state index in [2.05, 4.69) is 30.5 Å². The number of aryl methyl sites for hydroxylation is 1. The van der Waals surface area contributed by atoms with Crippen molar-refractivity contribution in [1.29, 1.82) is 0 Å². The number of thiazole rings is 1. The van der Waals surface area contributed by atoms with Crippen molar-refractivity contribution in [2.24, 2.45) is 5.92 Å². The minimum atomic E-state index is -0.800. The summed E-state index contributed by atoms with van der Waals surface area (Å²) in [5.74, 6) is -0.791. The van der Waals surface area contributed by atoms with Crippen molar-refractivity contribution in [1.82, 2.24) is 44.5 Å². The first-order valence-electron chi connectivity index (χ1n) is 28.0. The third-order valence-corrected chi connectivity index (χ3v) is 17.4. The van der Waals surface area contributed by atoms with E-state index in [1.807, 2.05) is 17.0 Å². The van der Waals surface area contributed by atoms with E-state index < -0.39 is 17.9 Å². The standard InChI is InChI=1S/C58H72FN11O7S/c1-36-44-34-61-58(65-53(44)70(42-17-12-13-18-42)56(76)50(36)38(3)71)63-47-27-26-43(33-60-47)67-29-31-68(32-30-67)49(73)21-11-6-5-10-20-48(72)66(4)37(2)54(75)64-51(39-15-8-7-9-16-39)57(77)69-28-14-19-46(69)55-62-45(35-78-55)52(74)40-22-24-41(59)25-23-40/h22-27,33-35,37,39,42,46,51H,5-21,28-32H2,1-4H3,(H,64,75)(H,60,61,63,65)/t37-,46-,51-/m0/s1. The number of amides is 4. The van der Waals surface area contributed by atoms with Gasteiger partial charge in [0.05, 0.1) is 23.5 Å². The summed E-state index contributed by atoms with van der Waals surface area (Å²) >= 11 is 1.32. The van der Waals surface area contributed by atoms with E-state index in [-0.39, 0.29) is 76.4 Å². The van der Waals surface area contributed by atoms with Crippen molar-refractivity contribution in [2.45, 2.75) is 154 Å². The average Bonchev–Trinajstić information content (AvgIpc) is 4.41. The van der Waals surface area contributed by atoms with Crippen molar-refractivity contribution in [3.8, 4) is 0 Å². The van der Waals surface area contributed by atoms with Gasteiger partial charge in [-0.25, -0.2) is 19.3 Å². The van der Waals surface area contributed by atoms with E-state index in [0.29, 0.717) is 97.3 Å². The number of anilines is 3. The summed E-state index contributed by atoms with van der Waals surface area (Å²) in [7, 11) is 1.63. The molecule has 9 rings (SSSR count). The lowest BCUT2D eigenvalue weighted by Crippen LogP contribution is -2.56. The largest absolute Gasteiger partial charge is 0.367 e. The van der Waals surface area contributed by atoms with E-state index >= 15 is 0 Å². The lowest BCUT2D eigenvalue weighted by molar-refractivity contribution is -0.142. The molecule has 4 fully saturated rings. The second-order valence-electron chi connectivity index (χ2n) is 21.6. The number of unbranched alkanes of at least 4 members (excludes halogenated alkanes) is 3. The Morgan fingerprint density at radius 2 is 1.51 bits per heavy atom. The van der Waals surface area contributed by atoms with Crippen molar-refractivity contribution in [2.75, 3.05) is 50.0 Å². The number of likely N-dealkylation sites (N-methyl/N-ethyl adjacent to an activating group) is 1. The zero-order valence-corrected chi connectivity index (χ0v) is 46.1. The summed E-state index contributed by atoms with van der Waals surface area (Å²) < 4.78 is 15.2. The molecule has 2 aliphatic heterocycles. The number of pyridine rings is 2. The Bertz CT molecular complexity index is 3060. The van der Waals surface area contributed by atoms with Crippen LogP contribution in [0.4, 0.5) is 21.8 Å². The number of carbonyl (C=O) groups is 6. The molecule has 18 nitrogen and oxygen atoms in total. The Morgan fingerprint density at radius 3 is 2.21 bits per heavy atom. The van der Waals surface area contributed by atoms with Gasteiger partial charge in [0.2, 0.25) is 35.4 Å². The van der Waals surface area contributed by atoms with E-state index in [1.54, 1.807) is 48.1 Å². The number of carbonyl (C=O) groups excluding carboxylic acids is 6.